The molecule has 0 radical (unpaired) electrons. The van der Waals surface area contributed by atoms with E-state index in [0.29, 0.717) is 0 Å². The summed E-state index contributed by atoms with van der Waals surface area (Å²) in [7, 11) is -3.91. The van der Waals surface area contributed by atoms with Crippen molar-refractivity contribution in [3.8, 4) is 0 Å². The number of hydrogen-bond acceptors (Lipinski definition) is 5. The van der Waals surface area contributed by atoms with Gasteiger partial charge in [0.2, 0.25) is 11.8 Å². The number of sulfonamides is 1. The Balaban J connectivity index is 1.69. The molecule has 1 heterocycles. The summed E-state index contributed by atoms with van der Waals surface area (Å²) in [6, 6.07) is 14.7. The molecule has 1 aliphatic rings. The van der Waals surface area contributed by atoms with Crippen LogP contribution < -0.4 is 5.32 Å². The highest BCUT2D eigenvalue weighted by Gasteiger charge is 2.40. The van der Waals surface area contributed by atoms with Crippen molar-refractivity contribution in [2.75, 3.05) is 6.54 Å². The molecule has 34 heavy (non-hydrogen) atoms. The summed E-state index contributed by atoms with van der Waals surface area (Å²) in [4.78, 5) is 40.0. The van der Waals surface area contributed by atoms with Crippen molar-refractivity contribution in [1.82, 2.24) is 14.5 Å². The van der Waals surface area contributed by atoms with Gasteiger partial charge < -0.3 is 10.2 Å². The van der Waals surface area contributed by atoms with E-state index in [-0.39, 0.29) is 54.2 Å². The molecular weight excluding hydrogens is 454 g/mol. The summed E-state index contributed by atoms with van der Waals surface area (Å²) in [6.07, 6.45) is 0.929. The van der Waals surface area contributed by atoms with Crippen LogP contribution in [0.15, 0.2) is 59.5 Å². The van der Waals surface area contributed by atoms with Crippen LogP contribution in [0.3, 0.4) is 0 Å². The molecule has 2 aromatic carbocycles. The maximum atomic E-state index is 13.2. The van der Waals surface area contributed by atoms with Gasteiger partial charge in [0.05, 0.1) is 5.56 Å². The first-order valence-electron chi connectivity index (χ1n) is 11.5. The maximum Gasteiger partial charge on any atom is 0.269 e. The molecule has 2 aromatic rings. The normalized spacial score (nSPS) is 16.0. The fraction of sp³-hybridized carbons (Fsp3) is 0.400. The Hall–Kier alpha value is -3.20. The molecule has 0 saturated carbocycles. The Labute approximate surface area is 201 Å². The van der Waals surface area contributed by atoms with Gasteiger partial charge in [-0.15, -0.1) is 0 Å². The number of nitrogens with zero attached hydrogens (tertiary/aromatic N) is 2. The van der Waals surface area contributed by atoms with Gasteiger partial charge in [0, 0.05) is 25.6 Å². The largest absolute Gasteiger partial charge is 0.352 e. The van der Waals surface area contributed by atoms with Crippen molar-refractivity contribution < 1.29 is 22.8 Å². The van der Waals surface area contributed by atoms with Gasteiger partial charge in [-0.2, -0.15) is 0 Å². The van der Waals surface area contributed by atoms with Gasteiger partial charge in [-0.25, -0.2) is 12.7 Å². The van der Waals surface area contributed by atoms with Crippen molar-refractivity contribution in [3.05, 3.63) is 65.7 Å². The first-order valence-corrected chi connectivity index (χ1v) is 12.9. The third-order valence-corrected chi connectivity index (χ3v) is 7.87. The molecule has 1 aliphatic heterocycles. The molecule has 0 unspecified atom stereocenters. The average Bonchev–Trinajstić information content (AvgIpc) is 3.03. The first kappa shape index (κ1) is 25.4. The zero-order chi connectivity index (χ0) is 24.9. The van der Waals surface area contributed by atoms with E-state index < -0.39 is 22.0 Å². The van der Waals surface area contributed by atoms with E-state index in [1.165, 1.54) is 17.0 Å². The number of carbonyl (C=O) groups is 3. The molecule has 182 valence electrons. The van der Waals surface area contributed by atoms with Crippen molar-refractivity contribution >= 4 is 27.7 Å². The topological polar surface area (TPSA) is 104 Å². The Morgan fingerprint density at radius 1 is 1.03 bits per heavy atom. The fourth-order valence-electron chi connectivity index (χ4n) is 3.80. The maximum absolute atomic E-state index is 13.2. The van der Waals surface area contributed by atoms with Gasteiger partial charge in [-0.05, 0) is 44.4 Å². The summed E-state index contributed by atoms with van der Waals surface area (Å²) < 4.78 is 26.3. The highest BCUT2D eigenvalue weighted by atomic mass is 32.2. The van der Waals surface area contributed by atoms with Crippen LogP contribution in [0.4, 0.5) is 0 Å². The number of amides is 3. The molecule has 1 N–H and O–H groups in total. The molecule has 0 fully saturated rings. The van der Waals surface area contributed by atoms with Gasteiger partial charge in [0.1, 0.15) is 10.9 Å². The van der Waals surface area contributed by atoms with Gasteiger partial charge in [0.25, 0.3) is 15.9 Å². The summed E-state index contributed by atoms with van der Waals surface area (Å²) in [5.74, 6) is -1.10. The van der Waals surface area contributed by atoms with Crippen LogP contribution in [0.5, 0.6) is 0 Å². The molecular formula is C25H31N3O5S. The molecule has 0 saturated heterocycles. The van der Waals surface area contributed by atoms with E-state index in [9.17, 15) is 22.8 Å². The third-order valence-electron chi connectivity index (χ3n) is 6.03. The third kappa shape index (κ3) is 5.47. The lowest BCUT2D eigenvalue weighted by Crippen LogP contribution is -2.49. The quantitative estimate of drug-likeness (QED) is 0.557. The number of fused-ring (bicyclic) bond motifs is 1. The van der Waals surface area contributed by atoms with Crippen molar-refractivity contribution in [1.29, 1.82) is 0 Å². The SMILES string of the molecule is CC[C@H](C)NC(=O)[C@@H](C)N(Cc1ccccc1)C(=O)CCCN1C(=O)c2ccccc2S1(=O)=O. The minimum atomic E-state index is -3.91. The molecule has 0 spiro atoms. The standard InChI is InChI=1S/C25H31N3O5S/c1-4-18(2)26-24(30)19(3)27(17-20-11-6-5-7-12-20)23(29)15-10-16-28-25(31)21-13-8-9-14-22(21)34(28,32)33/h5-9,11-14,18-19H,4,10,15-17H2,1-3H3,(H,26,30)/t18-,19+/m0/s1. The Kier molecular flexibility index (Phi) is 8.09. The first-order chi connectivity index (χ1) is 16.2. The van der Waals surface area contributed by atoms with Crippen LogP contribution in [0.2, 0.25) is 0 Å². The van der Waals surface area contributed by atoms with Crippen LogP contribution in [-0.4, -0.2) is 54.0 Å². The van der Waals surface area contributed by atoms with Crippen LogP contribution in [0.25, 0.3) is 0 Å². The van der Waals surface area contributed by atoms with Crippen molar-refractivity contribution in [2.24, 2.45) is 0 Å². The van der Waals surface area contributed by atoms with E-state index in [4.69, 9.17) is 0 Å². The van der Waals surface area contributed by atoms with E-state index in [0.717, 1.165) is 16.3 Å². The van der Waals surface area contributed by atoms with Crippen molar-refractivity contribution in [2.45, 2.75) is 63.6 Å². The predicted octanol–water partition coefficient (Wildman–Crippen LogP) is 2.94. The molecule has 3 amide bonds. The highest BCUT2D eigenvalue weighted by molar-refractivity contribution is 7.90. The second-order valence-corrected chi connectivity index (χ2v) is 10.3. The van der Waals surface area contributed by atoms with Crippen LogP contribution in [-0.2, 0) is 26.2 Å². The number of carbonyl (C=O) groups excluding carboxylic acids is 3. The van der Waals surface area contributed by atoms with Crippen LogP contribution in [0, 0.1) is 0 Å². The van der Waals surface area contributed by atoms with Gasteiger partial charge in [-0.3, -0.25) is 14.4 Å². The zero-order valence-electron chi connectivity index (χ0n) is 19.7. The van der Waals surface area contributed by atoms with Crippen molar-refractivity contribution in [3.63, 3.8) is 0 Å². The Bertz CT molecular complexity index is 1150. The summed E-state index contributed by atoms with van der Waals surface area (Å²) in [6.45, 7) is 5.70. The second kappa shape index (κ2) is 10.8. The van der Waals surface area contributed by atoms with E-state index >= 15 is 0 Å². The number of benzene rings is 2. The van der Waals surface area contributed by atoms with Gasteiger partial charge >= 0.3 is 0 Å². The molecule has 0 aliphatic carbocycles. The Morgan fingerprint density at radius 2 is 1.68 bits per heavy atom. The van der Waals surface area contributed by atoms with Crippen LogP contribution in [0.1, 0.15) is 56.0 Å². The fourth-order valence-corrected chi connectivity index (χ4v) is 5.41. The monoisotopic (exact) mass is 485 g/mol. The minimum absolute atomic E-state index is 0.00340. The lowest BCUT2D eigenvalue weighted by atomic mass is 10.1. The van der Waals surface area contributed by atoms with Gasteiger partial charge in [-0.1, -0.05) is 49.4 Å². The zero-order valence-corrected chi connectivity index (χ0v) is 20.5. The molecule has 9 heteroatoms. The molecule has 8 nitrogen and oxygen atoms in total. The minimum Gasteiger partial charge on any atom is -0.352 e. The van der Waals surface area contributed by atoms with E-state index in [1.807, 2.05) is 44.2 Å². The molecule has 0 aromatic heterocycles. The summed E-state index contributed by atoms with van der Waals surface area (Å²) >= 11 is 0. The summed E-state index contributed by atoms with van der Waals surface area (Å²) in [5.41, 5.74) is 1.03. The lowest BCUT2D eigenvalue weighted by molar-refractivity contribution is -0.141. The number of hydrogen-bond donors (Lipinski definition) is 1. The Morgan fingerprint density at radius 3 is 2.32 bits per heavy atom. The van der Waals surface area contributed by atoms with Crippen LogP contribution >= 0.6 is 0 Å². The number of rotatable bonds is 10. The summed E-state index contributed by atoms with van der Waals surface area (Å²) in [5, 5.41) is 2.91. The lowest BCUT2D eigenvalue weighted by Gasteiger charge is -2.30. The predicted molar refractivity (Wildman–Crippen MR) is 128 cm³/mol. The molecule has 0 bridgehead atoms. The average molecular weight is 486 g/mol. The second-order valence-electron chi connectivity index (χ2n) is 8.48. The van der Waals surface area contributed by atoms with Gasteiger partial charge in [0.15, 0.2) is 0 Å². The molecule has 3 rings (SSSR count). The highest BCUT2D eigenvalue weighted by Crippen LogP contribution is 2.30. The smallest absolute Gasteiger partial charge is 0.269 e. The molecule has 2 atom stereocenters. The number of nitrogens with one attached hydrogen (secondary N) is 1. The van der Waals surface area contributed by atoms with E-state index in [1.54, 1.807) is 19.1 Å². The van der Waals surface area contributed by atoms with E-state index in [2.05, 4.69) is 5.32 Å².